The third kappa shape index (κ3) is 3.63. The number of benzene rings is 2. The predicted octanol–water partition coefficient (Wildman–Crippen LogP) is 3.04. The quantitative estimate of drug-likeness (QED) is 0.723. The fourth-order valence-electron chi connectivity index (χ4n) is 3.25. The molecule has 142 valence electrons. The van der Waals surface area contributed by atoms with Gasteiger partial charge in [0.2, 0.25) is 9.84 Å². The van der Waals surface area contributed by atoms with Crippen LogP contribution in [-0.4, -0.2) is 39.6 Å². The topological polar surface area (TPSA) is 62.3 Å². The van der Waals surface area contributed by atoms with Gasteiger partial charge in [0, 0.05) is 43.4 Å². The highest BCUT2D eigenvalue weighted by molar-refractivity contribution is 7.91. The predicted molar refractivity (Wildman–Crippen MR) is 106 cm³/mol. The van der Waals surface area contributed by atoms with Crippen LogP contribution in [0, 0.1) is 5.82 Å². The average Bonchev–Trinajstić information content (AvgIpc) is 2.68. The van der Waals surface area contributed by atoms with Gasteiger partial charge in [0.1, 0.15) is 10.7 Å². The second-order valence-corrected chi connectivity index (χ2v) is 8.10. The fraction of sp³-hybridized carbons (Fsp3) is 0.211. The Bertz CT molecular complexity index is 1070. The van der Waals surface area contributed by atoms with Gasteiger partial charge in [-0.25, -0.2) is 12.8 Å². The van der Waals surface area contributed by atoms with Crippen molar-refractivity contribution in [1.82, 2.24) is 10.3 Å². The zero-order valence-electron chi connectivity index (χ0n) is 14.4. The summed E-state index contributed by atoms with van der Waals surface area (Å²) in [6.07, 6.45) is 1.73. The van der Waals surface area contributed by atoms with Crippen LogP contribution in [0.2, 0.25) is 0 Å². The lowest BCUT2D eigenvalue weighted by molar-refractivity contribution is 0.567. The summed E-state index contributed by atoms with van der Waals surface area (Å²) in [6, 6.07) is 12.1. The SMILES string of the molecule is Cl.O=S(=O)(c1ccc2nccc(N3CCNCC3)c2c1)c1ccccc1F. The van der Waals surface area contributed by atoms with E-state index in [-0.39, 0.29) is 22.2 Å². The van der Waals surface area contributed by atoms with E-state index in [1.807, 2.05) is 6.07 Å². The molecule has 8 heteroatoms. The fourth-order valence-corrected chi connectivity index (χ4v) is 4.61. The van der Waals surface area contributed by atoms with E-state index in [4.69, 9.17) is 0 Å². The zero-order chi connectivity index (χ0) is 18.1. The Morgan fingerprint density at radius 2 is 1.78 bits per heavy atom. The van der Waals surface area contributed by atoms with E-state index < -0.39 is 15.7 Å². The first-order chi connectivity index (χ1) is 12.6. The van der Waals surface area contributed by atoms with Gasteiger partial charge in [0.25, 0.3) is 0 Å². The number of piperazine rings is 1. The molecular formula is C19H19ClFN3O2S. The monoisotopic (exact) mass is 407 g/mol. The van der Waals surface area contributed by atoms with Gasteiger partial charge in [-0.3, -0.25) is 4.98 Å². The van der Waals surface area contributed by atoms with Gasteiger partial charge in [-0.15, -0.1) is 12.4 Å². The van der Waals surface area contributed by atoms with Crippen molar-refractivity contribution >= 4 is 38.8 Å². The van der Waals surface area contributed by atoms with E-state index in [1.54, 1.807) is 18.3 Å². The Morgan fingerprint density at radius 1 is 1.04 bits per heavy atom. The summed E-state index contributed by atoms with van der Waals surface area (Å²) in [5.41, 5.74) is 1.66. The number of fused-ring (bicyclic) bond motifs is 1. The lowest BCUT2D eigenvalue weighted by atomic mass is 10.1. The number of nitrogens with zero attached hydrogens (tertiary/aromatic N) is 2. The van der Waals surface area contributed by atoms with E-state index in [1.165, 1.54) is 24.3 Å². The molecule has 27 heavy (non-hydrogen) atoms. The lowest BCUT2D eigenvalue weighted by Gasteiger charge is -2.30. The normalized spacial score (nSPS) is 14.8. The summed E-state index contributed by atoms with van der Waals surface area (Å²) in [4.78, 5) is 6.30. The molecule has 1 aromatic heterocycles. The van der Waals surface area contributed by atoms with E-state index in [0.29, 0.717) is 5.52 Å². The first-order valence-electron chi connectivity index (χ1n) is 8.41. The molecule has 1 aliphatic rings. The maximum Gasteiger partial charge on any atom is 0.209 e. The highest BCUT2D eigenvalue weighted by Gasteiger charge is 2.23. The van der Waals surface area contributed by atoms with Crippen molar-refractivity contribution < 1.29 is 12.8 Å². The Labute approximate surface area is 163 Å². The van der Waals surface area contributed by atoms with E-state index in [9.17, 15) is 12.8 Å². The molecular weight excluding hydrogens is 389 g/mol. The number of hydrogen-bond donors (Lipinski definition) is 1. The van der Waals surface area contributed by atoms with Gasteiger partial charge < -0.3 is 10.2 Å². The molecule has 0 unspecified atom stereocenters. The molecule has 0 aliphatic carbocycles. The van der Waals surface area contributed by atoms with Gasteiger partial charge in [-0.2, -0.15) is 0 Å². The lowest BCUT2D eigenvalue weighted by Crippen LogP contribution is -2.43. The molecule has 1 aliphatic heterocycles. The Kier molecular flexibility index (Phi) is 5.64. The minimum Gasteiger partial charge on any atom is -0.368 e. The molecule has 1 fully saturated rings. The Hall–Kier alpha value is -2.22. The number of hydrogen-bond acceptors (Lipinski definition) is 5. The number of sulfone groups is 1. The summed E-state index contributed by atoms with van der Waals surface area (Å²) in [5, 5.41) is 4.06. The second-order valence-electron chi connectivity index (χ2n) is 6.18. The molecule has 3 aromatic rings. The number of anilines is 1. The molecule has 1 saturated heterocycles. The van der Waals surface area contributed by atoms with E-state index in [0.717, 1.165) is 43.3 Å². The van der Waals surface area contributed by atoms with Gasteiger partial charge in [0.05, 0.1) is 10.4 Å². The van der Waals surface area contributed by atoms with Gasteiger partial charge in [0.15, 0.2) is 0 Å². The van der Waals surface area contributed by atoms with Crippen molar-refractivity contribution in [2.75, 3.05) is 31.1 Å². The van der Waals surface area contributed by atoms with Crippen LogP contribution in [0.5, 0.6) is 0 Å². The maximum atomic E-state index is 14.0. The van der Waals surface area contributed by atoms with Crippen LogP contribution in [0.4, 0.5) is 10.1 Å². The van der Waals surface area contributed by atoms with Crippen molar-refractivity contribution in [3.8, 4) is 0 Å². The van der Waals surface area contributed by atoms with E-state index >= 15 is 0 Å². The number of nitrogens with one attached hydrogen (secondary N) is 1. The smallest absolute Gasteiger partial charge is 0.209 e. The van der Waals surface area contributed by atoms with Crippen molar-refractivity contribution in [2.24, 2.45) is 0 Å². The highest BCUT2D eigenvalue weighted by atomic mass is 35.5. The minimum atomic E-state index is -3.94. The Morgan fingerprint density at radius 3 is 2.52 bits per heavy atom. The van der Waals surface area contributed by atoms with Gasteiger partial charge in [-0.1, -0.05) is 12.1 Å². The number of aromatic nitrogens is 1. The van der Waals surface area contributed by atoms with Gasteiger partial charge in [-0.05, 0) is 36.4 Å². The average molecular weight is 408 g/mol. The minimum absolute atomic E-state index is 0. The maximum absolute atomic E-state index is 14.0. The van der Waals surface area contributed by atoms with Crippen molar-refractivity contribution in [1.29, 1.82) is 0 Å². The summed E-state index contributed by atoms with van der Waals surface area (Å²) in [7, 11) is -3.94. The van der Waals surface area contributed by atoms with Crippen molar-refractivity contribution in [2.45, 2.75) is 9.79 Å². The molecule has 1 N–H and O–H groups in total. The number of halogens is 2. The van der Waals surface area contributed by atoms with Crippen LogP contribution in [0.1, 0.15) is 0 Å². The third-order valence-corrected chi connectivity index (χ3v) is 6.37. The summed E-state index contributed by atoms with van der Waals surface area (Å²) in [5.74, 6) is -0.749. The first-order valence-corrected chi connectivity index (χ1v) is 9.90. The van der Waals surface area contributed by atoms with E-state index in [2.05, 4.69) is 15.2 Å². The van der Waals surface area contributed by atoms with Crippen molar-refractivity contribution in [3.05, 3.63) is 60.5 Å². The third-order valence-electron chi connectivity index (χ3n) is 4.58. The zero-order valence-corrected chi connectivity index (χ0v) is 16.1. The Balaban J connectivity index is 0.00000210. The molecule has 2 aromatic carbocycles. The van der Waals surface area contributed by atoms with Crippen LogP contribution in [-0.2, 0) is 9.84 Å². The number of pyridine rings is 1. The molecule has 2 heterocycles. The number of rotatable bonds is 3. The molecule has 0 saturated carbocycles. The molecule has 0 radical (unpaired) electrons. The second kappa shape index (κ2) is 7.80. The summed E-state index contributed by atoms with van der Waals surface area (Å²) < 4.78 is 39.9. The first kappa shape index (κ1) is 19.5. The summed E-state index contributed by atoms with van der Waals surface area (Å²) >= 11 is 0. The standard InChI is InChI=1S/C19H18FN3O2S.ClH/c20-16-3-1-2-4-19(16)26(24,25)14-5-6-17-15(13-14)18(7-8-22-17)23-11-9-21-10-12-23;/h1-8,13,21H,9-12H2;1H. The van der Waals surface area contributed by atoms with Gasteiger partial charge >= 0.3 is 0 Å². The highest BCUT2D eigenvalue weighted by Crippen LogP contribution is 2.30. The molecule has 0 bridgehead atoms. The molecule has 5 nitrogen and oxygen atoms in total. The van der Waals surface area contributed by atoms with Crippen LogP contribution in [0.15, 0.2) is 64.5 Å². The summed E-state index contributed by atoms with van der Waals surface area (Å²) in [6.45, 7) is 3.42. The molecule has 0 amide bonds. The molecule has 0 atom stereocenters. The largest absolute Gasteiger partial charge is 0.368 e. The van der Waals surface area contributed by atoms with Crippen LogP contribution >= 0.6 is 12.4 Å². The van der Waals surface area contributed by atoms with Crippen LogP contribution in [0.25, 0.3) is 10.9 Å². The van der Waals surface area contributed by atoms with Crippen LogP contribution < -0.4 is 10.2 Å². The molecule has 0 spiro atoms. The molecule has 4 rings (SSSR count). The van der Waals surface area contributed by atoms with Crippen molar-refractivity contribution in [3.63, 3.8) is 0 Å². The van der Waals surface area contributed by atoms with Crippen LogP contribution in [0.3, 0.4) is 0 Å².